The van der Waals surface area contributed by atoms with Crippen molar-refractivity contribution < 1.29 is 37.3 Å². The molecule has 13 nitrogen and oxygen atoms in total. The van der Waals surface area contributed by atoms with Gasteiger partial charge in [0.1, 0.15) is 5.75 Å². The lowest BCUT2D eigenvalue weighted by molar-refractivity contribution is -0.133. The predicted molar refractivity (Wildman–Crippen MR) is 185 cm³/mol. The molecule has 0 fully saturated rings. The van der Waals surface area contributed by atoms with Crippen molar-refractivity contribution in [2.24, 2.45) is 17.6 Å². The third-order valence-corrected chi connectivity index (χ3v) is 8.85. The van der Waals surface area contributed by atoms with E-state index in [4.69, 9.17) is 19.3 Å². The van der Waals surface area contributed by atoms with Crippen LogP contribution in [-0.4, -0.2) is 100 Å². The number of carbonyl (C=O) groups excluding carboxylic acids is 4. The first kappa shape index (κ1) is 44.2. The number of phosphoric ester groups is 1. The number of nitrogens with zero attached hydrogens (tertiary/aromatic N) is 2. The maximum absolute atomic E-state index is 13.6. The summed E-state index contributed by atoms with van der Waals surface area (Å²) in [6, 6.07) is 5.77. The van der Waals surface area contributed by atoms with Crippen molar-refractivity contribution >= 4 is 31.3 Å². The molecule has 0 aliphatic rings. The van der Waals surface area contributed by atoms with E-state index in [0.717, 1.165) is 18.4 Å². The minimum atomic E-state index is -3.93. The SMILES string of the molecule is C.CCCCCC(=O)NC(Cc1ccc(OP(=O)(OCCN(C)C)OCCN(C)C)cc1)C(=O)CC(C(=O)NCC(N)=O)C(C)CC. The highest BCUT2D eigenvalue weighted by atomic mass is 31.2. The highest BCUT2D eigenvalue weighted by Crippen LogP contribution is 2.49. The van der Waals surface area contributed by atoms with Crippen LogP contribution >= 0.6 is 7.82 Å². The molecule has 0 saturated heterocycles. The van der Waals surface area contributed by atoms with Crippen LogP contribution in [0.25, 0.3) is 0 Å². The van der Waals surface area contributed by atoms with Gasteiger partial charge in [-0.05, 0) is 64.6 Å². The number of likely N-dealkylation sites (N-methyl/N-ethyl adjacent to an activating group) is 2. The Morgan fingerprint density at radius 1 is 0.936 bits per heavy atom. The molecular formula is C33H60N5O8P. The van der Waals surface area contributed by atoms with Gasteiger partial charge in [-0.3, -0.25) is 28.2 Å². The summed E-state index contributed by atoms with van der Waals surface area (Å²) in [4.78, 5) is 54.3. The van der Waals surface area contributed by atoms with E-state index < -0.39 is 31.6 Å². The van der Waals surface area contributed by atoms with E-state index in [1.54, 1.807) is 24.3 Å². The maximum Gasteiger partial charge on any atom is 0.530 e. The van der Waals surface area contributed by atoms with Crippen LogP contribution in [0, 0.1) is 11.8 Å². The average molecular weight is 686 g/mol. The largest absolute Gasteiger partial charge is 0.530 e. The number of unbranched alkanes of at least 4 members (excludes halogenated alkanes) is 2. The van der Waals surface area contributed by atoms with Crippen LogP contribution in [0.1, 0.15) is 72.3 Å². The molecule has 0 radical (unpaired) electrons. The van der Waals surface area contributed by atoms with Gasteiger partial charge in [0.25, 0.3) is 0 Å². The number of carbonyl (C=O) groups is 4. The fourth-order valence-electron chi connectivity index (χ4n) is 4.36. The van der Waals surface area contributed by atoms with Crippen molar-refractivity contribution in [1.82, 2.24) is 20.4 Å². The van der Waals surface area contributed by atoms with Gasteiger partial charge < -0.3 is 30.7 Å². The van der Waals surface area contributed by atoms with Gasteiger partial charge in [0.05, 0.1) is 25.8 Å². The molecule has 0 aromatic heterocycles. The van der Waals surface area contributed by atoms with Gasteiger partial charge in [-0.2, -0.15) is 0 Å². The number of rotatable bonds is 25. The molecule has 47 heavy (non-hydrogen) atoms. The summed E-state index contributed by atoms with van der Waals surface area (Å²) < 4.78 is 30.2. The summed E-state index contributed by atoms with van der Waals surface area (Å²) >= 11 is 0. The summed E-state index contributed by atoms with van der Waals surface area (Å²) in [7, 11) is 3.56. The zero-order valence-corrected chi connectivity index (χ0v) is 29.6. The molecule has 14 heteroatoms. The molecule has 1 aromatic rings. The Morgan fingerprint density at radius 3 is 2.00 bits per heavy atom. The monoisotopic (exact) mass is 685 g/mol. The number of Topliss-reactive ketones (excluding diaryl/α,β-unsaturated/α-hetero) is 1. The number of ketones is 1. The lowest BCUT2D eigenvalue weighted by Gasteiger charge is -2.25. The Labute approximate surface area is 282 Å². The van der Waals surface area contributed by atoms with E-state index in [0.29, 0.717) is 25.9 Å². The fraction of sp³-hybridized carbons (Fsp3) is 0.697. The molecule has 1 rings (SSSR count). The fourth-order valence-corrected chi connectivity index (χ4v) is 5.53. The van der Waals surface area contributed by atoms with Gasteiger partial charge in [-0.1, -0.05) is 59.6 Å². The van der Waals surface area contributed by atoms with E-state index in [9.17, 15) is 23.7 Å². The van der Waals surface area contributed by atoms with E-state index in [-0.39, 0.29) is 69.8 Å². The van der Waals surface area contributed by atoms with Crippen LogP contribution in [-0.2, 0) is 39.2 Å². The van der Waals surface area contributed by atoms with Crippen molar-refractivity contribution in [3.63, 3.8) is 0 Å². The summed E-state index contributed by atoms with van der Waals surface area (Å²) in [6.07, 6.45) is 3.53. The first-order valence-corrected chi connectivity index (χ1v) is 17.5. The third-order valence-electron chi connectivity index (χ3n) is 7.41. The number of benzene rings is 1. The van der Waals surface area contributed by atoms with Crippen molar-refractivity contribution in [1.29, 1.82) is 0 Å². The molecule has 3 amide bonds. The molecule has 270 valence electrons. The van der Waals surface area contributed by atoms with Crippen molar-refractivity contribution in [3.05, 3.63) is 29.8 Å². The van der Waals surface area contributed by atoms with Crippen molar-refractivity contribution in [3.8, 4) is 5.75 Å². The van der Waals surface area contributed by atoms with Gasteiger partial charge in [-0.25, -0.2) is 4.57 Å². The molecule has 4 N–H and O–H groups in total. The zero-order chi connectivity index (χ0) is 34.7. The molecule has 0 heterocycles. The first-order chi connectivity index (χ1) is 21.7. The Hall–Kier alpha value is -2.83. The molecule has 3 atom stereocenters. The number of primary amides is 1. The summed E-state index contributed by atoms with van der Waals surface area (Å²) in [5, 5.41) is 5.39. The number of hydrogen-bond donors (Lipinski definition) is 3. The first-order valence-electron chi connectivity index (χ1n) is 16.0. The van der Waals surface area contributed by atoms with E-state index in [2.05, 4.69) is 10.6 Å². The van der Waals surface area contributed by atoms with Gasteiger partial charge in [0.15, 0.2) is 5.78 Å². The standard InChI is InChI=1S/C32H56N5O8P.CH4/c1-8-10-11-12-31(40)35-28(29(38)22-27(24(3)9-2)32(41)34-23-30(33)39)21-25-13-15-26(16-14-25)45-46(42,43-19-17-36(4)5)44-20-18-37(6)7;/h13-16,24,27-28H,8-12,17-23H2,1-7H3,(H2,33,39)(H,34,41)(H,35,40);1H4. The maximum atomic E-state index is 13.6. The summed E-state index contributed by atoms with van der Waals surface area (Å²) in [5.74, 6) is -2.22. The van der Waals surface area contributed by atoms with Crippen LogP contribution < -0.4 is 20.9 Å². The van der Waals surface area contributed by atoms with Crippen LogP contribution in [0.5, 0.6) is 5.75 Å². The topological polar surface area (TPSA) is 170 Å². The van der Waals surface area contributed by atoms with Crippen molar-refractivity contribution in [2.45, 2.75) is 79.2 Å². The molecule has 0 spiro atoms. The molecule has 1 aromatic carbocycles. The lowest BCUT2D eigenvalue weighted by atomic mass is 9.84. The highest BCUT2D eigenvalue weighted by molar-refractivity contribution is 7.48. The van der Waals surface area contributed by atoms with Gasteiger partial charge >= 0.3 is 7.82 Å². The Morgan fingerprint density at radius 2 is 1.51 bits per heavy atom. The normalized spacial score (nSPS) is 13.4. The second kappa shape index (κ2) is 23.5. The molecule has 0 aliphatic carbocycles. The van der Waals surface area contributed by atoms with E-state index >= 15 is 0 Å². The molecule has 0 aliphatic heterocycles. The van der Waals surface area contributed by atoms with Crippen LogP contribution in [0.4, 0.5) is 0 Å². The second-order valence-electron chi connectivity index (χ2n) is 12.1. The Balaban J connectivity index is 0.0000212. The zero-order valence-electron chi connectivity index (χ0n) is 28.7. The number of hydrogen-bond acceptors (Lipinski definition) is 10. The predicted octanol–water partition coefficient (Wildman–Crippen LogP) is 3.80. The number of phosphoric acid groups is 1. The summed E-state index contributed by atoms with van der Waals surface area (Å²) in [5.41, 5.74) is 5.91. The third kappa shape index (κ3) is 18.9. The Bertz CT molecular complexity index is 1110. The molecular weight excluding hydrogens is 625 g/mol. The van der Waals surface area contributed by atoms with Crippen LogP contribution in [0.2, 0.25) is 0 Å². The van der Waals surface area contributed by atoms with Crippen molar-refractivity contribution in [2.75, 3.05) is 61.0 Å². The quantitative estimate of drug-likeness (QED) is 0.102. The molecule has 0 bridgehead atoms. The Kier molecular flexibility index (Phi) is 22.1. The van der Waals surface area contributed by atoms with Crippen LogP contribution in [0.15, 0.2) is 24.3 Å². The van der Waals surface area contributed by atoms with Gasteiger partial charge in [0, 0.05) is 31.8 Å². The average Bonchev–Trinajstić information content (AvgIpc) is 2.98. The molecule has 0 saturated carbocycles. The van der Waals surface area contributed by atoms with Gasteiger partial charge in [-0.15, -0.1) is 0 Å². The van der Waals surface area contributed by atoms with E-state index in [1.165, 1.54) is 0 Å². The number of nitrogens with one attached hydrogen (secondary N) is 2. The van der Waals surface area contributed by atoms with Crippen LogP contribution in [0.3, 0.4) is 0 Å². The minimum absolute atomic E-state index is 0. The van der Waals surface area contributed by atoms with Gasteiger partial charge in [0.2, 0.25) is 17.7 Å². The van der Waals surface area contributed by atoms with E-state index in [1.807, 2.05) is 58.8 Å². The summed E-state index contributed by atoms with van der Waals surface area (Å²) in [6.45, 7) is 6.84. The highest BCUT2D eigenvalue weighted by Gasteiger charge is 2.32. The minimum Gasteiger partial charge on any atom is -0.404 e. The number of nitrogens with two attached hydrogens (primary N) is 1. The smallest absolute Gasteiger partial charge is 0.404 e. The lowest BCUT2D eigenvalue weighted by Crippen LogP contribution is -2.45. The number of amides is 3. The molecule has 3 unspecified atom stereocenters. The second-order valence-corrected chi connectivity index (χ2v) is 13.7.